The summed E-state index contributed by atoms with van der Waals surface area (Å²) in [6, 6.07) is 14.2. The number of hydrogen-bond donors (Lipinski definition) is 1. The van der Waals surface area contributed by atoms with Crippen LogP contribution in [-0.2, 0) is 10.1 Å². The van der Waals surface area contributed by atoms with Gasteiger partial charge in [-0.15, -0.1) is 0 Å². The minimum absolute atomic E-state index is 0.0877. The van der Waals surface area contributed by atoms with Crippen molar-refractivity contribution < 1.29 is 35.0 Å². The van der Waals surface area contributed by atoms with Gasteiger partial charge in [-0.05, 0) is 81.3 Å². The van der Waals surface area contributed by atoms with E-state index in [1.165, 1.54) is 12.1 Å². The number of anilines is 2. The molecule has 250 valence electrons. The van der Waals surface area contributed by atoms with Gasteiger partial charge in [-0.3, -0.25) is 9.59 Å². The fourth-order valence-electron chi connectivity index (χ4n) is 5.88. The average molecular weight is 671 g/mol. The predicted octanol–water partition coefficient (Wildman–Crippen LogP) is 8.31. The highest BCUT2D eigenvalue weighted by Gasteiger charge is 2.49. The van der Waals surface area contributed by atoms with Crippen molar-refractivity contribution in [2.75, 3.05) is 23.3 Å². The number of alkyl halides is 3. The van der Waals surface area contributed by atoms with Crippen molar-refractivity contribution in [2.24, 2.45) is 5.41 Å². The maximum absolute atomic E-state index is 13.7. The fourth-order valence-corrected chi connectivity index (χ4v) is 6.35. The van der Waals surface area contributed by atoms with Gasteiger partial charge in [0.15, 0.2) is 17.0 Å². The molecule has 1 N–H and O–H groups in total. The summed E-state index contributed by atoms with van der Waals surface area (Å²) >= 11 is 0. The van der Waals surface area contributed by atoms with E-state index in [9.17, 15) is 31.2 Å². The molecule has 1 aliphatic rings. The third kappa shape index (κ3) is 6.88. The number of carbonyl (C=O) groups is 1. The number of benzene rings is 3. The molecule has 12 heteroatoms. The summed E-state index contributed by atoms with van der Waals surface area (Å²) in [7, 11) is -5.98. The Kier molecular flexibility index (Phi) is 8.95. The van der Waals surface area contributed by atoms with Crippen molar-refractivity contribution in [2.45, 2.75) is 65.9 Å². The molecular weight excluding hydrogens is 633 g/mol. The molecule has 0 unspecified atom stereocenters. The molecule has 0 radical (unpaired) electrons. The summed E-state index contributed by atoms with van der Waals surface area (Å²) in [4.78, 5) is 28.2. The Morgan fingerprint density at radius 1 is 1.04 bits per heavy atom. The second-order valence-corrected chi connectivity index (χ2v) is 14.4. The minimum Gasteiger partial charge on any atom is -0.440 e. The lowest BCUT2D eigenvalue weighted by atomic mass is 9.82. The highest BCUT2D eigenvalue weighted by atomic mass is 32.2. The molecule has 1 aliphatic heterocycles. The smallest absolute Gasteiger partial charge is 0.440 e. The van der Waals surface area contributed by atoms with Crippen LogP contribution >= 0.6 is 0 Å². The molecule has 0 bridgehead atoms. The zero-order valence-electron chi connectivity index (χ0n) is 27.0. The topological polar surface area (TPSA) is 106 Å². The van der Waals surface area contributed by atoms with E-state index in [-0.39, 0.29) is 22.4 Å². The van der Waals surface area contributed by atoms with Gasteiger partial charge in [-0.25, -0.2) is 0 Å². The number of aryl methyl sites for hydroxylation is 1. The Morgan fingerprint density at radius 3 is 2.34 bits per heavy atom. The first kappa shape index (κ1) is 34.0. The molecule has 1 fully saturated rings. The fraction of sp³-hybridized carbons (Fsp3) is 0.371. The molecular formula is C35H37F3N2O6S. The maximum Gasteiger partial charge on any atom is 0.534 e. The molecule has 1 atom stereocenters. The molecule has 1 saturated heterocycles. The van der Waals surface area contributed by atoms with E-state index in [1.807, 2.05) is 26.0 Å². The number of halogens is 3. The highest BCUT2D eigenvalue weighted by Crippen LogP contribution is 2.38. The molecule has 5 rings (SSSR count). The summed E-state index contributed by atoms with van der Waals surface area (Å²) in [6.07, 6.45) is 1.94. The van der Waals surface area contributed by atoms with E-state index in [0.29, 0.717) is 39.2 Å². The largest absolute Gasteiger partial charge is 0.534 e. The lowest BCUT2D eigenvalue weighted by Crippen LogP contribution is -2.38. The number of hydrogen-bond acceptors (Lipinski definition) is 8. The van der Waals surface area contributed by atoms with Crippen LogP contribution in [0.2, 0.25) is 0 Å². The summed E-state index contributed by atoms with van der Waals surface area (Å²) < 4.78 is 73.1. The average Bonchev–Trinajstić information content (AvgIpc) is 2.98. The maximum atomic E-state index is 13.7. The second-order valence-electron chi connectivity index (χ2n) is 12.9. The molecule has 2 heterocycles. The molecule has 4 aromatic rings. The normalized spacial score (nSPS) is 15.8. The van der Waals surface area contributed by atoms with Crippen molar-refractivity contribution >= 4 is 38.4 Å². The van der Waals surface area contributed by atoms with Crippen molar-refractivity contribution in [3.63, 3.8) is 0 Å². The number of rotatable bonds is 8. The second kappa shape index (κ2) is 12.4. The van der Waals surface area contributed by atoms with Gasteiger partial charge in [0.05, 0.1) is 22.6 Å². The van der Waals surface area contributed by atoms with Crippen molar-refractivity contribution in [3.8, 4) is 16.9 Å². The Hall–Kier alpha value is -4.32. The zero-order valence-corrected chi connectivity index (χ0v) is 27.9. The first-order valence-corrected chi connectivity index (χ1v) is 16.6. The first-order valence-electron chi connectivity index (χ1n) is 15.2. The summed E-state index contributed by atoms with van der Waals surface area (Å²) in [5.74, 6) is -0.827. The summed E-state index contributed by atoms with van der Waals surface area (Å²) in [5, 5.41) is 3.96. The molecule has 1 aromatic heterocycles. The number of para-hydroxylation sites is 1. The Labute approximate surface area is 271 Å². The number of fused-ring (bicyclic) bond motifs is 1. The van der Waals surface area contributed by atoms with Gasteiger partial charge in [-0.1, -0.05) is 44.2 Å². The van der Waals surface area contributed by atoms with Gasteiger partial charge in [0.25, 0.3) is 0 Å². The Balaban J connectivity index is 1.53. The van der Waals surface area contributed by atoms with E-state index >= 15 is 0 Å². The van der Waals surface area contributed by atoms with Gasteiger partial charge < -0.3 is 18.8 Å². The molecule has 3 aromatic carbocycles. The quantitative estimate of drug-likeness (QED) is 0.113. The molecule has 47 heavy (non-hydrogen) atoms. The van der Waals surface area contributed by atoms with Crippen molar-refractivity contribution in [1.29, 1.82) is 0 Å². The predicted molar refractivity (Wildman–Crippen MR) is 177 cm³/mol. The lowest BCUT2D eigenvalue weighted by molar-refractivity contribution is -0.0500. The van der Waals surface area contributed by atoms with E-state index in [0.717, 1.165) is 50.0 Å². The monoisotopic (exact) mass is 670 g/mol. The number of piperidine rings is 1. The highest BCUT2D eigenvalue weighted by molar-refractivity contribution is 7.88. The van der Waals surface area contributed by atoms with Gasteiger partial charge in [0.1, 0.15) is 5.58 Å². The van der Waals surface area contributed by atoms with Crippen LogP contribution in [0.25, 0.3) is 22.1 Å². The van der Waals surface area contributed by atoms with Crippen LogP contribution in [0, 0.1) is 19.3 Å². The molecule has 0 saturated carbocycles. The lowest BCUT2D eigenvalue weighted by Gasteiger charge is -2.37. The van der Waals surface area contributed by atoms with E-state index in [1.54, 1.807) is 31.2 Å². The van der Waals surface area contributed by atoms with Crippen LogP contribution in [0.1, 0.15) is 73.6 Å². The van der Waals surface area contributed by atoms with Crippen LogP contribution < -0.4 is 19.8 Å². The van der Waals surface area contributed by atoms with E-state index in [2.05, 4.69) is 28.2 Å². The van der Waals surface area contributed by atoms with Crippen LogP contribution in [-0.4, -0.2) is 32.8 Å². The Morgan fingerprint density at radius 2 is 1.70 bits per heavy atom. The molecule has 0 amide bonds. The molecule has 0 spiro atoms. The first-order chi connectivity index (χ1) is 21.9. The van der Waals surface area contributed by atoms with Crippen LogP contribution in [0.3, 0.4) is 0 Å². The number of carbonyl (C=O) groups excluding carboxylic acids is 1. The van der Waals surface area contributed by atoms with E-state index in [4.69, 9.17) is 4.42 Å². The number of nitrogens with zero attached hydrogens (tertiary/aromatic N) is 1. The van der Waals surface area contributed by atoms with Crippen molar-refractivity contribution in [3.05, 3.63) is 87.1 Å². The summed E-state index contributed by atoms with van der Waals surface area (Å²) in [6.45, 7) is 12.8. The standard InChI is InChI=1S/C35H37F3N2O6S/c1-20-17-26(32-28(18-20)31(42)21(2)33(45-32)40-15-13-34(5,6)14-16-40)22(3)39-29-10-8-7-9-25(29)24-11-12-30(27(19-24)23(4)41)46-47(43,44)35(36,37)38/h7-12,17-19,22,39H,13-16H2,1-6H3/t22-/m1/s1. The van der Waals surface area contributed by atoms with Crippen LogP contribution in [0.5, 0.6) is 5.75 Å². The van der Waals surface area contributed by atoms with Crippen LogP contribution in [0.4, 0.5) is 24.7 Å². The Bertz CT molecular complexity index is 2030. The number of nitrogens with one attached hydrogen (secondary N) is 1. The van der Waals surface area contributed by atoms with Crippen molar-refractivity contribution in [1.82, 2.24) is 0 Å². The molecule has 8 nitrogen and oxygen atoms in total. The zero-order chi connectivity index (χ0) is 34.5. The van der Waals surface area contributed by atoms with Gasteiger partial charge in [0, 0.05) is 29.9 Å². The minimum atomic E-state index is -5.98. The van der Waals surface area contributed by atoms with E-state index < -0.39 is 27.2 Å². The third-order valence-electron chi connectivity index (χ3n) is 8.69. The van der Waals surface area contributed by atoms with Crippen LogP contribution in [0.15, 0.2) is 63.8 Å². The molecule has 0 aliphatic carbocycles. The number of Topliss-reactive ketones (excluding diaryl/α,β-unsaturated/α-hetero) is 1. The SMILES string of the molecule is CC(=O)c1cc(-c2ccccc2N[C@H](C)c2cc(C)cc3c(=O)c(C)c(N4CCC(C)(C)CC4)oc23)ccc1OS(=O)(=O)C(F)(F)F. The van der Waals surface area contributed by atoms with Gasteiger partial charge in [0.2, 0.25) is 5.88 Å². The van der Waals surface area contributed by atoms with Gasteiger partial charge in [-0.2, -0.15) is 21.6 Å². The summed E-state index contributed by atoms with van der Waals surface area (Å²) in [5.41, 5.74) is -1.51. The van der Waals surface area contributed by atoms with Gasteiger partial charge >= 0.3 is 15.6 Å². The third-order valence-corrected chi connectivity index (χ3v) is 9.66. The number of ketones is 1.